The molecule has 2 heterocycles. The fourth-order valence-electron chi connectivity index (χ4n) is 3.92. The number of rotatable bonds is 4. The van der Waals surface area contributed by atoms with Crippen LogP contribution in [0.1, 0.15) is 60.7 Å². The summed E-state index contributed by atoms with van der Waals surface area (Å²) in [6.07, 6.45) is 7.41. The molecule has 0 radical (unpaired) electrons. The van der Waals surface area contributed by atoms with Gasteiger partial charge in [-0.1, -0.05) is 0 Å². The van der Waals surface area contributed by atoms with Gasteiger partial charge in [-0.05, 0) is 38.5 Å². The summed E-state index contributed by atoms with van der Waals surface area (Å²) >= 11 is 0. The van der Waals surface area contributed by atoms with Crippen LogP contribution >= 0.6 is 0 Å². The van der Waals surface area contributed by atoms with Gasteiger partial charge in [-0.25, -0.2) is 4.98 Å². The first-order valence-electron chi connectivity index (χ1n) is 8.38. The van der Waals surface area contributed by atoms with Gasteiger partial charge in [-0.3, -0.25) is 9.69 Å². The SMILES string of the molecule is O=C(N[C@@H]1CCC[C@@H]1N1CCC(O)C1)c1ocnc1C1CC1. The third-order valence-electron chi connectivity index (χ3n) is 5.23. The second-order valence-electron chi connectivity index (χ2n) is 6.86. The lowest BCUT2D eigenvalue weighted by molar-refractivity contribution is 0.0876. The van der Waals surface area contributed by atoms with Crippen LogP contribution < -0.4 is 5.32 Å². The topological polar surface area (TPSA) is 78.6 Å². The number of carbonyl (C=O) groups excluding carboxylic acids is 1. The van der Waals surface area contributed by atoms with E-state index in [1.165, 1.54) is 6.39 Å². The molecule has 1 saturated heterocycles. The summed E-state index contributed by atoms with van der Waals surface area (Å²) in [6, 6.07) is 0.489. The predicted octanol–water partition coefficient (Wildman–Crippen LogP) is 1.27. The minimum atomic E-state index is -0.215. The summed E-state index contributed by atoms with van der Waals surface area (Å²) in [4.78, 5) is 19.1. The van der Waals surface area contributed by atoms with Crippen molar-refractivity contribution in [2.24, 2.45) is 0 Å². The molecule has 3 atom stereocenters. The highest BCUT2D eigenvalue weighted by atomic mass is 16.3. The molecule has 22 heavy (non-hydrogen) atoms. The fourth-order valence-corrected chi connectivity index (χ4v) is 3.92. The molecule has 6 heteroatoms. The van der Waals surface area contributed by atoms with E-state index in [0.29, 0.717) is 17.7 Å². The molecule has 1 aromatic rings. The van der Waals surface area contributed by atoms with Gasteiger partial charge in [0.25, 0.3) is 5.91 Å². The number of amides is 1. The van der Waals surface area contributed by atoms with Crippen LogP contribution in [-0.2, 0) is 0 Å². The highest BCUT2D eigenvalue weighted by Gasteiger charge is 2.38. The van der Waals surface area contributed by atoms with Crippen molar-refractivity contribution in [3.05, 3.63) is 17.8 Å². The number of aliphatic hydroxyl groups excluding tert-OH is 1. The molecule has 6 nitrogen and oxygen atoms in total. The Bertz CT molecular complexity index is 555. The first-order valence-corrected chi connectivity index (χ1v) is 8.38. The Balaban J connectivity index is 1.43. The van der Waals surface area contributed by atoms with Crippen molar-refractivity contribution < 1.29 is 14.3 Å². The molecule has 0 bridgehead atoms. The van der Waals surface area contributed by atoms with Crippen LogP contribution in [0.25, 0.3) is 0 Å². The van der Waals surface area contributed by atoms with Crippen molar-refractivity contribution in [3.63, 3.8) is 0 Å². The van der Waals surface area contributed by atoms with Crippen molar-refractivity contribution in [2.75, 3.05) is 13.1 Å². The molecule has 0 spiro atoms. The highest BCUT2D eigenvalue weighted by molar-refractivity contribution is 5.93. The minimum Gasteiger partial charge on any atom is -0.438 e. The third-order valence-corrected chi connectivity index (χ3v) is 5.23. The fraction of sp³-hybridized carbons (Fsp3) is 0.750. The molecular weight excluding hydrogens is 282 g/mol. The lowest BCUT2D eigenvalue weighted by Crippen LogP contribution is -2.48. The first-order chi connectivity index (χ1) is 10.7. The molecule has 1 amide bonds. The van der Waals surface area contributed by atoms with Crippen molar-refractivity contribution in [1.29, 1.82) is 0 Å². The van der Waals surface area contributed by atoms with Gasteiger partial charge in [0.1, 0.15) is 0 Å². The summed E-state index contributed by atoms with van der Waals surface area (Å²) in [5, 5.41) is 12.9. The summed E-state index contributed by atoms with van der Waals surface area (Å²) < 4.78 is 5.34. The van der Waals surface area contributed by atoms with Crippen molar-refractivity contribution in [1.82, 2.24) is 15.2 Å². The zero-order valence-electron chi connectivity index (χ0n) is 12.7. The second-order valence-corrected chi connectivity index (χ2v) is 6.86. The normalized spacial score (nSPS) is 32.5. The van der Waals surface area contributed by atoms with Crippen LogP contribution in [0, 0.1) is 0 Å². The van der Waals surface area contributed by atoms with Crippen molar-refractivity contribution >= 4 is 5.91 Å². The van der Waals surface area contributed by atoms with Gasteiger partial charge in [0.15, 0.2) is 6.39 Å². The molecule has 3 fully saturated rings. The van der Waals surface area contributed by atoms with E-state index in [4.69, 9.17) is 4.42 Å². The van der Waals surface area contributed by atoms with Crippen molar-refractivity contribution in [3.8, 4) is 0 Å². The molecule has 1 aliphatic heterocycles. The van der Waals surface area contributed by atoms with Crippen LogP contribution in [-0.4, -0.2) is 52.2 Å². The van der Waals surface area contributed by atoms with Gasteiger partial charge >= 0.3 is 0 Å². The van der Waals surface area contributed by atoms with Gasteiger partial charge in [0, 0.05) is 31.1 Å². The average Bonchev–Trinajstić information content (AvgIpc) is 2.93. The van der Waals surface area contributed by atoms with E-state index in [1.807, 2.05) is 0 Å². The number of nitrogens with zero attached hydrogens (tertiary/aromatic N) is 2. The molecular formula is C16H23N3O3. The molecule has 1 aromatic heterocycles. The van der Waals surface area contributed by atoms with Gasteiger partial charge < -0.3 is 14.8 Å². The van der Waals surface area contributed by atoms with E-state index in [-0.39, 0.29) is 18.1 Å². The zero-order chi connectivity index (χ0) is 15.1. The van der Waals surface area contributed by atoms with Gasteiger partial charge in [-0.2, -0.15) is 0 Å². The lowest BCUT2D eigenvalue weighted by atomic mass is 10.1. The van der Waals surface area contributed by atoms with Crippen LogP contribution in [0.4, 0.5) is 0 Å². The largest absolute Gasteiger partial charge is 0.438 e. The molecule has 4 rings (SSSR count). The Hall–Kier alpha value is -1.40. The Kier molecular flexibility index (Phi) is 3.66. The summed E-state index contributed by atoms with van der Waals surface area (Å²) in [6.45, 7) is 1.65. The standard InChI is InChI=1S/C16H23N3O3/c20-11-6-7-19(8-11)13-3-1-2-12(13)18-16(21)15-14(10-4-5-10)17-9-22-15/h9-13,20H,1-8H2,(H,18,21)/t11?,12-,13+/m1/s1. The molecule has 2 N–H and O–H groups in total. The summed E-state index contributed by atoms with van der Waals surface area (Å²) in [5.41, 5.74) is 0.823. The van der Waals surface area contributed by atoms with Gasteiger partial charge in [-0.15, -0.1) is 0 Å². The van der Waals surface area contributed by atoms with E-state index in [1.54, 1.807) is 0 Å². The third kappa shape index (κ3) is 2.65. The van der Waals surface area contributed by atoms with E-state index in [9.17, 15) is 9.90 Å². The Labute approximate surface area is 129 Å². The monoisotopic (exact) mass is 305 g/mol. The molecule has 1 unspecified atom stereocenters. The summed E-state index contributed by atoms with van der Waals surface area (Å²) in [7, 11) is 0. The number of aromatic nitrogens is 1. The Morgan fingerprint density at radius 3 is 2.91 bits per heavy atom. The maximum Gasteiger partial charge on any atom is 0.289 e. The molecule has 2 saturated carbocycles. The van der Waals surface area contributed by atoms with Gasteiger partial charge in [0.2, 0.25) is 5.76 Å². The Morgan fingerprint density at radius 1 is 1.32 bits per heavy atom. The van der Waals surface area contributed by atoms with Gasteiger partial charge in [0.05, 0.1) is 11.8 Å². The van der Waals surface area contributed by atoms with Crippen molar-refractivity contribution in [2.45, 2.75) is 62.6 Å². The van der Waals surface area contributed by atoms with Crippen LogP contribution in [0.3, 0.4) is 0 Å². The second kappa shape index (κ2) is 5.66. The lowest BCUT2D eigenvalue weighted by Gasteiger charge is -2.29. The Morgan fingerprint density at radius 2 is 2.18 bits per heavy atom. The maximum atomic E-state index is 12.5. The number of β-amino-alcohol motifs (C(OH)–C–C–N with tert-alkyl or cyclic N) is 1. The average molecular weight is 305 g/mol. The van der Waals surface area contributed by atoms with Crippen LogP contribution in [0.5, 0.6) is 0 Å². The minimum absolute atomic E-state index is 0.129. The smallest absolute Gasteiger partial charge is 0.289 e. The first kappa shape index (κ1) is 14.2. The number of oxazole rings is 1. The summed E-state index contributed by atoms with van der Waals surface area (Å²) in [5.74, 6) is 0.679. The zero-order valence-corrected chi connectivity index (χ0v) is 12.7. The van der Waals surface area contributed by atoms with E-state index in [0.717, 1.165) is 57.3 Å². The van der Waals surface area contributed by atoms with Crippen LogP contribution in [0.15, 0.2) is 10.8 Å². The van der Waals surface area contributed by atoms with E-state index >= 15 is 0 Å². The molecule has 3 aliphatic rings. The number of carbonyl (C=O) groups is 1. The molecule has 2 aliphatic carbocycles. The number of likely N-dealkylation sites (tertiary alicyclic amines) is 1. The van der Waals surface area contributed by atoms with Crippen LogP contribution in [0.2, 0.25) is 0 Å². The molecule has 0 aromatic carbocycles. The number of hydrogen-bond donors (Lipinski definition) is 2. The van der Waals surface area contributed by atoms with E-state index in [2.05, 4.69) is 15.2 Å². The number of nitrogens with one attached hydrogen (secondary N) is 1. The number of hydrogen-bond acceptors (Lipinski definition) is 5. The predicted molar refractivity (Wildman–Crippen MR) is 79.6 cm³/mol. The quantitative estimate of drug-likeness (QED) is 0.876. The number of aliphatic hydroxyl groups is 1. The van der Waals surface area contributed by atoms with E-state index < -0.39 is 0 Å². The maximum absolute atomic E-state index is 12.5. The highest BCUT2D eigenvalue weighted by Crippen LogP contribution is 2.40. The molecule has 120 valence electrons.